The number of nitrogens with zero attached hydrogens (tertiary/aromatic N) is 4. The number of hydrogen-bond acceptors (Lipinski definition) is 3. The van der Waals surface area contributed by atoms with Gasteiger partial charge in [-0.05, 0) is 30.8 Å². The van der Waals surface area contributed by atoms with Crippen LogP contribution in [-0.4, -0.2) is 42.6 Å². The molecule has 1 aliphatic heterocycles. The molecule has 134 valence electrons. The Morgan fingerprint density at radius 2 is 2.31 bits per heavy atom. The van der Waals surface area contributed by atoms with Gasteiger partial charge in [0.05, 0.1) is 29.1 Å². The summed E-state index contributed by atoms with van der Waals surface area (Å²) in [6, 6.07) is 5.51. The quantitative estimate of drug-likeness (QED) is 0.699. The molecule has 1 amide bonds. The predicted molar refractivity (Wildman–Crippen MR) is 98.0 cm³/mol. The number of halogens is 1. The number of rotatable bonds is 2. The first-order chi connectivity index (χ1) is 12.5. The molecule has 1 fully saturated rings. The molecule has 2 aliphatic rings. The largest absolute Gasteiger partial charge is 0.348 e. The third-order valence-corrected chi connectivity index (χ3v) is 6.00. The number of nitrogens with one attached hydrogen (secondary N) is 1. The summed E-state index contributed by atoms with van der Waals surface area (Å²) in [5, 5.41) is 5.71. The van der Waals surface area contributed by atoms with Crippen molar-refractivity contribution in [3.05, 3.63) is 47.8 Å². The lowest BCUT2D eigenvalue weighted by Gasteiger charge is -2.34. The SMILES string of the molecule is CC1(F)C[C@@H]1C(=O)N1CCc2[nH]cnc2[C@@H]1c1cc2c(P)cccn2n1. The second-order valence-electron chi connectivity index (χ2n) is 7.35. The van der Waals surface area contributed by atoms with E-state index in [0.717, 1.165) is 27.9 Å². The van der Waals surface area contributed by atoms with Crippen molar-refractivity contribution in [2.75, 3.05) is 6.54 Å². The Bertz CT molecular complexity index is 1030. The van der Waals surface area contributed by atoms with E-state index < -0.39 is 17.6 Å². The number of alkyl halides is 1. The molecule has 4 heterocycles. The highest BCUT2D eigenvalue weighted by atomic mass is 31.0. The van der Waals surface area contributed by atoms with Crippen LogP contribution in [-0.2, 0) is 11.2 Å². The summed E-state index contributed by atoms with van der Waals surface area (Å²) in [6.45, 7) is 2.03. The highest BCUT2D eigenvalue weighted by Crippen LogP contribution is 2.49. The Kier molecular flexibility index (Phi) is 3.29. The predicted octanol–water partition coefficient (Wildman–Crippen LogP) is 1.78. The monoisotopic (exact) mass is 371 g/mol. The van der Waals surface area contributed by atoms with E-state index in [9.17, 15) is 9.18 Å². The number of hydrogen-bond donors (Lipinski definition) is 1. The zero-order valence-electron chi connectivity index (χ0n) is 14.3. The Morgan fingerprint density at radius 3 is 3.04 bits per heavy atom. The lowest BCUT2D eigenvalue weighted by Crippen LogP contribution is -2.42. The van der Waals surface area contributed by atoms with Gasteiger partial charge in [-0.1, -0.05) is 6.07 Å². The van der Waals surface area contributed by atoms with Gasteiger partial charge < -0.3 is 9.88 Å². The normalized spacial score (nSPS) is 27.6. The fraction of sp³-hybridized carbons (Fsp3) is 0.389. The molecule has 0 saturated heterocycles. The first-order valence-corrected chi connectivity index (χ1v) is 9.29. The smallest absolute Gasteiger partial charge is 0.229 e. The molecule has 0 bridgehead atoms. The molecule has 3 aromatic heterocycles. The van der Waals surface area contributed by atoms with Crippen LogP contribution in [0.3, 0.4) is 0 Å². The molecule has 5 rings (SSSR count). The van der Waals surface area contributed by atoms with Gasteiger partial charge in [0, 0.05) is 24.9 Å². The van der Waals surface area contributed by atoms with Gasteiger partial charge in [-0.25, -0.2) is 13.9 Å². The minimum atomic E-state index is -1.39. The summed E-state index contributed by atoms with van der Waals surface area (Å²) in [6.07, 6.45) is 4.52. The summed E-state index contributed by atoms with van der Waals surface area (Å²) in [5.41, 5.74) is 2.15. The number of imidazole rings is 1. The standard InChI is InChI=1S/C18H19FN5OP/c1-18(19)8-10(18)17(25)23-6-4-11-15(21-9-20-11)16(23)12-7-13-14(26)3-2-5-24(13)22-12/h2-3,5,7,9-10,16H,4,6,8,26H2,1H3,(H,20,21)/t10-,16+,18?/m1/s1. The van der Waals surface area contributed by atoms with Gasteiger partial charge in [-0.2, -0.15) is 5.10 Å². The van der Waals surface area contributed by atoms with Crippen molar-refractivity contribution in [1.29, 1.82) is 0 Å². The zero-order valence-corrected chi connectivity index (χ0v) is 15.5. The van der Waals surface area contributed by atoms with Crippen molar-refractivity contribution < 1.29 is 9.18 Å². The molecule has 0 spiro atoms. The molecule has 0 aromatic carbocycles. The van der Waals surface area contributed by atoms with E-state index in [1.807, 2.05) is 24.4 Å². The zero-order chi connectivity index (χ0) is 18.1. The third-order valence-electron chi connectivity index (χ3n) is 5.51. The Morgan fingerprint density at radius 1 is 1.50 bits per heavy atom. The lowest BCUT2D eigenvalue weighted by atomic mass is 9.99. The number of H-pyrrole nitrogens is 1. The Hall–Kier alpha value is -2.27. The second kappa shape index (κ2) is 5.36. The van der Waals surface area contributed by atoms with Gasteiger partial charge in [-0.3, -0.25) is 4.79 Å². The highest BCUT2D eigenvalue weighted by Gasteiger charge is 2.58. The van der Waals surface area contributed by atoms with Crippen molar-refractivity contribution in [2.24, 2.45) is 5.92 Å². The van der Waals surface area contributed by atoms with Crippen LogP contribution < -0.4 is 5.30 Å². The maximum Gasteiger partial charge on any atom is 0.229 e. The van der Waals surface area contributed by atoms with Crippen molar-refractivity contribution >= 4 is 26.0 Å². The van der Waals surface area contributed by atoms with E-state index in [1.165, 1.54) is 6.92 Å². The molecule has 0 radical (unpaired) electrons. The van der Waals surface area contributed by atoms with E-state index in [0.29, 0.717) is 19.4 Å². The highest BCUT2D eigenvalue weighted by molar-refractivity contribution is 7.28. The number of carbonyl (C=O) groups excluding carboxylic acids is 1. The summed E-state index contributed by atoms with van der Waals surface area (Å²) < 4.78 is 16.0. The third kappa shape index (κ3) is 2.30. The topological polar surface area (TPSA) is 66.3 Å². The van der Waals surface area contributed by atoms with Gasteiger partial charge in [-0.15, -0.1) is 9.24 Å². The maximum atomic E-state index is 14.2. The van der Waals surface area contributed by atoms with Gasteiger partial charge in [0.2, 0.25) is 5.91 Å². The summed E-state index contributed by atoms with van der Waals surface area (Å²) in [4.78, 5) is 22.4. The minimum Gasteiger partial charge on any atom is -0.348 e. The van der Waals surface area contributed by atoms with Crippen LogP contribution in [0.25, 0.3) is 5.52 Å². The molecule has 1 aliphatic carbocycles. The molecule has 1 saturated carbocycles. The number of fused-ring (bicyclic) bond motifs is 2. The summed E-state index contributed by atoms with van der Waals surface area (Å²) in [7, 11) is 2.70. The van der Waals surface area contributed by atoms with Crippen molar-refractivity contribution in [3.8, 4) is 0 Å². The number of aromatic nitrogens is 4. The van der Waals surface area contributed by atoms with Gasteiger partial charge >= 0.3 is 0 Å². The Balaban J connectivity index is 1.61. The number of amides is 1. The molecular weight excluding hydrogens is 352 g/mol. The molecule has 8 heteroatoms. The molecule has 3 aromatic rings. The van der Waals surface area contributed by atoms with E-state index in [4.69, 9.17) is 0 Å². The maximum absolute atomic E-state index is 14.2. The van der Waals surface area contributed by atoms with Gasteiger partial charge in [0.25, 0.3) is 0 Å². The Labute approximate surface area is 152 Å². The molecular formula is C18H19FN5OP. The van der Waals surface area contributed by atoms with Crippen LogP contribution in [0.2, 0.25) is 0 Å². The lowest BCUT2D eigenvalue weighted by molar-refractivity contribution is -0.135. The van der Waals surface area contributed by atoms with Crippen molar-refractivity contribution in [1.82, 2.24) is 24.5 Å². The van der Waals surface area contributed by atoms with Crippen LogP contribution >= 0.6 is 9.24 Å². The van der Waals surface area contributed by atoms with Crippen LogP contribution in [0.1, 0.15) is 36.5 Å². The van der Waals surface area contributed by atoms with Gasteiger partial charge in [0.1, 0.15) is 11.7 Å². The molecule has 1 N–H and O–H groups in total. The summed E-state index contributed by atoms with van der Waals surface area (Å²) >= 11 is 0. The van der Waals surface area contributed by atoms with Crippen LogP contribution in [0, 0.1) is 5.92 Å². The second-order valence-corrected chi connectivity index (χ2v) is 7.97. The molecule has 4 atom stereocenters. The first kappa shape index (κ1) is 15.9. The van der Waals surface area contributed by atoms with Crippen LogP contribution in [0.15, 0.2) is 30.7 Å². The summed E-state index contributed by atoms with van der Waals surface area (Å²) in [5.74, 6) is -0.698. The van der Waals surface area contributed by atoms with Crippen LogP contribution in [0.5, 0.6) is 0 Å². The molecule has 26 heavy (non-hydrogen) atoms. The fourth-order valence-corrected chi connectivity index (χ4v) is 4.22. The van der Waals surface area contributed by atoms with E-state index >= 15 is 0 Å². The van der Waals surface area contributed by atoms with Crippen molar-refractivity contribution in [3.63, 3.8) is 0 Å². The number of aromatic amines is 1. The van der Waals surface area contributed by atoms with E-state index in [2.05, 4.69) is 24.3 Å². The van der Waals surface area contributed by atoms with E-state index in [-0.39, 0.29) is 5.91 Å². The van der Waals surface area contributed by atoms with Gasteiger partial charge in [0.15, 0.2) is 0 Å². The first-order valence-electron chi connectivity index (χ1n) is 8.71. The number of carbonyl (C=O) groups is 1. The molecule has 2 unspecified atom stereocenters. The molecule has 6 nitrogen and oxygen atoms in total. The fourth-order valence-electron chi connectivity index (χ4n) is 3.89. The minimum absolute atomic E-state index is 0.142. The average Bonchev–Trinajstić information content (AvgIpc) is 2.99. The van der Waals surface area contributed by atoms with Crippen molar-refractivity contribution in [2.45, 2.75) is 31.5 Å². The average molecular weight is 371 g/mol. The van der Waals surface area contributed by atoms with E-state index in [1.54, 1.807) is 15.7 Å². The number of pyridine rings is 1. The van der Waals surface area contributed by atoms with Crippen LogP contribution in [0.4, 0.5) is 4.39 Å².